The molecule has 7 nitrogen and oxygen atoms in total. The number of anilines is 1. The van der Waals surface area contributed by atoms with E-state index in [2.05, 4.69) is 4.98 Å². The highest BCUT2D eigenvalue weighted by atomic mass is 19.1. The monoisotopic (exact) mass is 245 g/mol. The highest BCUT2D eigenvalue weighted by Gasteiger charge is 2.35. The van der Waals surface area contributed by atoms with Gasteiger partial charge in [0.25, 0.3) is 0 Å². The number of hydrogen-bond acceptors (Lipinski definition) is 6. The number of aliphatic hydroxyl groups excluding tert-OH is 1. The summed E-state index contributed by atoms with van der Waals surface area (Å²) in [4.78, 5) is 14.8. The lowest BCUT2D eigenvalue weighted by Crippen LogP contribution is -2.32. The Morgan fingerprint density at radius 3 is 2.94 bits per heavy atom. The molecule has 1 aliphatic rings. The minimum atomic E-state index is -0.831. The molecule has 0 saturated carbocycles. The van der Waals surface area contributed by atoms with Gasteiger partial charge in [-0.15, -0.1) is 0 Å². The lowest BCUT2D eigenvalue weighted by molar-refractivity contribution is -0.102. The van der Waals surface area contributed by atoms with Crippen LogP contribution in [-0.4, -0.2) is 33.7 Å². The Bertz CT molecular complexity index is 478. The molecule has 1 fully saturated rings. The van der Waals surface area contributed by atoms with Crippen molar-refractivity contribution >= 4 is 5.82 Å². The molecule has 1 aliphatic heterocycles. The van der Waals surface area contributed by atoms with Gasteiger partial charge >= 0.3 is 5.69 Å². The first-order chi connectivity index (χ1) is 8.02. The number of aromatic nitrogens is 2. The highest BCUT2D eigenvalue weighted by molar-refractivity contribution is 5.26. The number of hydrogen-bond donors (Lipinski definition) is 2. The molecular formula is C9H12FN3O4. The normalized spacial score (nSPS) is 28.5. The molecule has 0 aromatic carbocycles. The largest absolute Gasteiger partial charge is 0.391 e. The second kappa shape index (κ2) is 4.40. The minimum Gasteiger partial charge on any atom is -0.391 e. The summed E-state index contributed by atoms with van der Waals surface area (Å²) >= 11 is 0. The fraction of sp³-hybridized carbons (Fsp3) is 0.556. The zero-order valence-electron chi connectivity index (χ0n) is 9.04. The number of nitrogens with zero attached hydrogens (tertiary/aromatic N) is 2. The lowest BCUT2D eigenvalue weighted by Gasteiger charge is -2.15. The van der Waals surface area contributed by atoms with Crippen LogP contribution in [0.4, 0.5) is 10.2 Å². The molecule has 0 radical (unpaired) electrons. The third-order valence-electron chi connectivity index (χ3n) is 2.42. The van der Waals surface area contributed by atoms with Crippen molar-refractivity contribution in [3.05, 3.63) is 22.5 Å². The Balaban J connectivity index is 2.35. The zero-order chi connectivity index (χ0) is 12.6. The molecule has 94 valence electrons. The predicted molar refractivity (Wildman–Crippen MR) is 54.4 cm³/mol. The van der Waals surface area contributed by atoms with Gasteiger partial charge in [0.1, 0.15) is 6.10 Å². The number of nitrogen functional groups attached to an aromatic ring is 1. The van der Waals surface area contributed by atoms with Crippen molar-refractivity contribution in [2.45, 2.75) is 25.5 Å². The molecule has 0 spiro atoms. The minimum absolute atomic E-state index is 0.347. The van der Waals surface area contributed by atoms with Gasteiger partial charge in [0, 0.05) is 0 Å². The van der Waals surface area contributed by atoms with Crippen molar-refractivity contribution < 1.29 is 19.0 Å². The van der Waals surface area contributed by atoms with Gasteiger partial charge in [-0.1, -0.05) is 0 Å². The Labute approximate surface area is 95.6 Å². The Morgan fingerprint density at radius 1 is 1.65 bits per heavy atom. The molecule has 2 rings (SSSR count). The molecular weight excluding hydrogens is 233 g/mol. The van der Waals surface area contributed by atoms with Crippen molar-refractivity contribution in [2.24, 2.45) is 0 Å². The van der Waals surface area contributed by atoms with Crippen LogP contribution >= 0.6 is 0 Å². The Hall–Kier alpha value is -1.51. The summed E-state index contributed by atoms with van der Waals surface area (Å²) in [5, 5.41) is 8.87. The van der Waals surface area contributed by atoms with Gasteiger partial charge < -0.3 is 20.3 Å². The van der Waals surface area contributed by atoms with E-state index < -0.39 is 35.9 Å². The molecule has 8 heteroatoms. The number of halogens is 1. The van der Waals surface area contributed by atoms with E-state index in [9.17, 15) is 9.18 Å². The molecule has 0 aliphatic carbocycles. The first-order valence-corrected chi connectivity index (χ1v) is 4.99. The number of rotatable bonds is 2. The molecule has 2 unspecified atom stereocenters. The van der Waals surface area contributed by atoms with Gasteiger partial charge in [0.15, 0.2) is 24.2 Å². The van der Waals surface area contributed by atoms with E-state index in [1.165, 1.54) is 0 Å². The molecule has 3 N–H and O–H groups in total. The fourth-order valence-corrected chi connectivity index (χ4v) is 1.62. The maximum absolute atomic E-state index is 13.2. The van der Waals surface area contributed by atoms with E-state index >= 15 is 0 Å². The molecule has 17 heavy (non-hydrogen) atoms. The molecule has 1 aromatic heterocycles. The van der Waals surface area contributed by atoms with Gasteiger partial charge in [0.2, 0.25) is 0 Å². The van der Waals surface area contributed by atoms with E-state index in [0.29, 0.717) is 0 Å². The summed E-state index contributed by atoms with van der Waals surface area (Å²) in [6.07, 6.45) is -1.26. The third-order valence-corrected chi connectivity index (χ3v) is 2.42. The van der Waals surface area contributed by atoms with Crippen molar-refractivity contribution in [1.29, 1.82) is 0 Å². The predicted octanol–water partition coefficient (Wildman–Crippen LogP) is -0.783. The van der Waals surface area contributed by atoms with Crippen molar-refractivity contribution in [1.82, 2.24) is 9.55 Å². The van der Waals surface area contributed by atoms with Crippen LogP contribution in [0.2, 0.25) is 0 Å². The van der Waals surface area contributed by atoms with Crippen molar-refractivity contribution in [2.75, 3.05) is 12.3 Å². The maximum Gasteiger partial charge on any atom is 0.351 e. The van der Waals surface area contributed by atoms with Crippen molar-refractivity contribution in [3.63, 3.8) is 0 Å². The molecule has 2 heterocycles. The van der Waals surface area contributed by atoms with E-state index in [4.69, 9.17) is 20.3 Å². The quantitative estimate of drug-likeness (QED) is 0.708. The molecule has 3 atom stereocenters. The van der Waals surface area contributed by atoms with Crippen LogP contribution in [0.1, 0.15) is 13.2 Å². The van der Waals surface area contributed by atoms with Crippen LogP contribution in [0.15, 0.2) is 11.0 Å². The summed E-state index contributed by atoms with van der Waals surface area (Å²) in [5.41, 5.74) is 4.43. The van der Waals surface area contributed by atoms with Crippen LogP contribution < -0.4 is 11.4 Å². The van der Waals surface area contributed by atoms with E-state index in [1.807, 2.05) is 0 Å². The van der Waals surface area contributed by atoms with Crippen LogP contribution in [0, 0.1) is 5.82 Å². The first kappa shape index (κ1) is 12.0. The lowest BCUT2D eigenvalue weighted by atomic mass is 10.3. The number of aliphatic hydroxyl groups is 1. The summed E-state index contributed by atoms with van der Waals surface area (Å²) in [6, 6.07) is 0. The summed E-state index contributed by atoms with van der Waals surface area (Å²) in [6.45, 7) is 1.29. The maximum atomic E-state index is 13.2. The molecule has 1 aromatic rings. The fourth-order valence-electron chi connectivity index (χ4n) is 1.62. The highest BCUT2D eigenvalue weighted by Crippen LogP contribution is 2.26. The van der Waals surface area contributed by atoms with Gasteiger partial charge in [-0.2, -0.15) is 4.98 Å². The second-order valence-electron chi connectivity index (χ2n) is 3.64. The first-order valence-electron chi connectivity index (χ1n) is 4.99. The molecule has 0 amide bonds. The van der Waals surface area contributed by atoms with Gasteiger partial charge in [-0.25, -0.2) is 9.18 Å². The summed E-state index contributed by atoms with van der Waals surface area (Å²) in [5.74, 6) is -1.27. The third kappa shape index (κ3) is 2.14. The van der Waals surface area contributed by atoms with Crippen molar-refractivity contribution in [3.8, 4) is 0 Å². The second-order valence-corrected chi connectivity index (χ2v) is 3.64. The van der Waals surface area contributed by atoms with Crippen LogP contribution in [-0.2, 0) is 9.47 Å². The zero-order valence-corrected chi connectivity index (χ0v) is 9.04. The van der Waals surface area contributed by atoms with E-state index in [1.54, 1.807) is 6.92 Å². The Morgan fingerprint density at radius 2 is 2.35 bits per heavy atom. The summed E-state index contributed by atoms with van der Waals surface area (Å²) < 4.78 is 24.6. The average molecular weight is 245 g/mol. The van der Waals surface area contributed by atoms with E-state index in [0.717, 1.165) is 10.8 Å². The van der Waals surface area contributed by atoms with Crippen LogP contribution in [0.5, 0.6) is 0 Å². The molecule has 0 bridgehead atoms. The standard InChI is InChI=1S/C9H12FN3O4/c1-4-8(17-6(3-14)16-4)13-2-5(10)7(11)12-9(13)15/h2,4,6,8,14H,3H2,1H3,(H2,11,12,15)/t4-,6?,8?/m0/s1. The average Bonchev–Trinajstić information content (AvgIpc) is 2.65. The topological polar surface area (TPSA) is 99.6 Å². The smallest absolute Gasteiger partial charge is 0.351 e. The SMILES string of the molecule is C[C@@H]1OC(CO)OC1n1cc(F)c(N)nc1=O. The van der Waals surface area contributed by atoms with Gasteiger partial charge in [0.05, 0.1) is 12.8 Å². The van der Waals surface area contributed by atoms with E-state index in [-0.39, 0.29) is 6.61 Å². The number of nitrogens with two attached hydrogens (primary N) is 1. The van der Waals surface area contributed by atoms with Crippen LogP contribution in [0.3, 0.4) is 0 Å². The van der Waals surface area contributed by atoms with Gasteiger partial charge in [-0.3, -0.25) is 4.57 Å². The molecule has 1 saturated heterocycles. The number of ether oxygens (including phenoxy) is 2. The van der Waals surface area contributed by atoms with Crippen LogP contribution in [0.25, 0.3) is 0 Å². The van der Waals surface area contributed by atoms with Gasteiger partial charge in [-0.05, 0) is 6.92 Å². The Kier molecular flexibility index (Phi) is 3.09. The summed E-state index contributed by atoms with van der Waals surface area (Å²) in [7, 11) is 0.